The number of pyridine rings is 1. The average molecular weight is 620 g/mol. The molecular formula is C35H37N7O4. The smallest absolute Gasteiger partial charge is 0.254 e. The summed E-state index contributed by atoms with van der Waals surface area (Å²) in [6.07, 6.45) is 4.34. The van der Waals surface area contributed by atoms with Gasteiger partial charge in [-0.2, -0.15) is 0 Å². The molecule has 5 N–H and O–H groups in total. The van der Waals surface area contributed by atoms with Gasteiger partial charge in [0.05, 0.1) is 29.6 Å². The predicted octanol–water partition coefficient (Wildman–Crippen LogP) is 4.35. The molecular weight excluding hydrogens is 582 g/mol. The summed E-state index contributed by atoms with van der Waals surface area (Å²) in [5.41, 5.74) is 17.9. The van der Waals surface area contributed by atoms with E-state index in [2.05, 4.69) is 10.6 Å². The van der Waals surface area contributed by atoms with E-state index in [0.29, 0.717) is 46.5 Å². The molecule has 8 rings (SSSR count). The first kappa shape index (κ1) is 28.6. The van der Waals surface area contributed by atoms with E-state index >= 15 is 0 Å². The lowest BCUT2D eigenvalue weighted by molar-refractivity contribution is 0.0700. The van der Waals surface area contributed by atoms with Gasteiger partial charge < -0.3 is 35.3 Å². The van der Waals surface area contributed by atoms with E-state index in [1.165, 1.54) is 6.07 Å². The minimum absolute atomic E-state index is 0.0290. The zero-order valence-corrected chi connectivity index (χ0v) is 26.2. The molecule has 2 aliphatic carbocycles. The maximum Gasteiger partial charge on any atom is 0.254 e. The van der Waals surface area contributed by atoms with Crippen LogP contribution in [0.2, 0.25) is 0 Å². The molecule has 3 aromatic heterocycles. The minimum atomic E-state index is -0.685. The van der Waals surface area contributed by atoms with Crippen LogP contribution < -0.4 is 16.2 Å². The Balaban J connectivity index is 1.25. The molecule has 2 bridgehead atoms. The Morgan fingerprint density at radius 3 is 2.54 bits per heavy atom. The van der Waals surface area contributed by atoms with Gasteiger partial charge in [-0.25, -0.2) is 9.97 Å². The number of piperidine rings is 1. The van der Waals surface area contributed by atoms with Crippen LogP contribution in [0.15, 0.2) is 42.5 Å². The number of likely N-dealkylation sites (tertiary alicyclic amines) is 1. The minimum Gasteiger partial charge on any atom is -0.507 e. The van der Waals surface area contributed by atoms with Gasteiger partial charge in [-0.3, -0.25) is 9.59 Å². The normalized spacial score (nSPS) is 20.7. The summed E-state index contributed by atoms with van der Waals surface area (Å²) in [6.45, 7) is 3.25. The topological polar surface area (TPSA) is 155 Å². The number of phenols is 1. The van der Waals surface area contributed by atoms with E-state index in [-0.39, 0.29) is 29.3 Å². The third kappa shape index (κ3) is 4.28. The zero-order chi connectivity index (χ0) is 32.0. The maximum atomic E-state index is 13.7. The number of rotatable bonds is 7. The number of nitrogens with two attached hydrogens (primary N) is 2. The van der Waals surface area contributed by atoms with E-state index in [1.54, 1.807) is 20.1 Å². The number of benzene rings is 2. The van der Waals surface area contributed by atoms with Crippen molar-refractivity contribution < 1.29 is 19.4 Å². The molecule has 4 heterocycles. The van der Waals surface area contributed by atoms with Gasteiger partial charge in [0.1, 0.15) is 22.7 Å². The quantitative estimate of drug-likeness (QED) is 0.245. The Morgan fingerprint density at radius 2 is 1.87 bits per heavy atom. The van der Waals surface area contributed by atoms with Crippen LogP contribution >= 0.6 is 0 Å². The van der Waals surface area contributed by atoms with E-state index in [1.807, 2.05) is 40.8 Å². The second kappa shape index (κ2) is 10.3. The Kier molecular flexibility index (Phi) is 6.40. The average Bonchev–Trinajstić information content (AvgIpc) is 3.44. The molecule has 11 nitrogen and oxygen atoms in total. The molecule has 1 aliphatic heterocycles. The third-order valence-corrected chi connectivity index (χ3v) is 10.4. The fourth-order valence-corrected chi connectivity index (χ4v) is 7.76. The highest BCUT2D eigenvalue weighted by molar-refractivity contribution is 6.01. The number of methoxy groups -OCH3 is 1. The number of hydrogen-bond acceptors (Lipinski definition) is 7. The fourth-order valence-electron chi connectivity index (χ4n) is 7.76. The SMILES string of the molecule is COc1cc(C(=O)N2CC3CCC2C3N)cc2nc(-c3cc4ccc(-c5ccc(O)c(C(N)=O)c5C)nc4n3CC3CC3)n(C)c12. The second-order valence-electron chi connectivity index (χ2n) is 13.2. The first-order valence-corrected chi connectivity index (χ1v) is 15.9. The number of imidazole rings is 1. The lowest BCUT2D eigenvalue weighted by Crippen LogP contribution is -2.41. The van der Waals surface area contributed by atoms with Crippen molar-refractivity contribution in [3.63, 3.8) is 0 Å². The van der Waals surface area contributed by atoms with Gasteiger partial charge in [-0.05, 0) is 92.5 Å². The number of carbonyl (C=O) groups is 2. The van der Waals surface area contributed by atoms with Crippen molar-refractivity contribution in [1.82, 2.24) is 24.0 Å². The molecule has 46 heavy (non-hydrogen) atoms. The van der Waals surface area contributed by atoms with Crippen LogP contribution in [0.5, 0.6) is 11.5 Å². The van der Waals surface area contributed by atoms with E-state index in [0.717, 1.165) is 65.9 Å². The standard InChI is InChI=1S/C35H37N7O4/c1-17-22(8-11-27(43)29(17)32(37)44)23-9-6-19-13-26(41(33(19)38-23)15-18-4-5-18)34-39-24-12-21(14-28(46-3)31(24)40(34)2)35(45)42-16-20-7-10-25(42)30(20)36/h6,8-9,11-14,18,20,25,30,43H,4-5,7,10,15-16,36H2,1-3H3,(H2,37,44). The first-order valence-electron chi connectivity index (χ1n) is 15.9. The number of carbonyl (C=O) groups excluding carboxylic acids is 2. The third-order valence-electron chi connectivity index (χ3n) is 10.4. The molecule has 3 fully saturated rings. The molecule has 5 aromatic rings. The van der Waals surface area contributed by atoms with E-state index in [4.69, 9.17) is 26.2 Å². The lowest BCUT2D eigenvalue weighted by Gasteiger charge is -2.27. The molecule has 11 heteroatoms. The molecule has 236 valence electrons. The second-order valence-corrected chi connectivity index (χ2v) is 13.2. The highest BCUT2D eigenvalue weighted by Crippen LogP contribution is 2.41. The highest BCUT2D eigenvalue weighted by atomic mass is 16.5. The Bertz CT molecular complexity index is 2090. The van der Waals surface area contributed by atoms with Gasteiger partial charge in [0.15, 0.2) is 5.82 Å². The molecule has 3 aliphatic rings. The summed E-state index contributed by atoms with van der Waals surface area (Å²) in [5, 5.41) is 11.2. The number of aromatic nitrogens is 4. The molecule has 3 atom stereocenters. The van der Waals surface area contributed by atoms with E-state index < -0.39 is 5.91 Å². The number of ether oxygens (including phenoxy) is 1. The van der Waals surface area contributed by atoms with Gasteiger partial charge in [0.2, 0.25) is 0 Å². The molecule has 0 radical (unpaired) electrons. The van der Waals surface area contributed by atoms with Crippen LogP contribution in [-0.4, -0.2) is 66.7 Å². The van der Waals surface area contributed by atoms with Gasteiger partial charge >= 0.3 is 0 Å². The summed E-state index contributed by atoms with van der Waals surface area (Å²) < 4.78 is 10.1. The van der Waals surface area contributed by atoms with Gasteiger partial charge in [0, 0.05) is 48.7 Å². The van der Waals surface area contributed by atoms with Crippen molar-refractivity contribution in [1.29, 1.82) is 0 Å². The zero-order valence-electron chi connectivity index (χ0n) is 26.2. The number of fused-ring (bicyclic) bond motifs is 4. The maximum absolute atomic E-state index is 13.7. The monoisotopic (exact) mass is 619 g/mol. The van der Waals surface area contributed by atoms with Crippen LogP contribution in [0, 0.1) is 18.8 Å². The Labute approximate surface area is 265 Å². The summed E-state index contributed by atoms with van der Waals surface area (Å²) >= 11 is 0. The van der Waals surface area contributed by atoms with Crippen molar-refractivity contribution in [3.05, 3.63) is 59.2 Å². The van der Waals surface area contributed by atoms with Crippen molar-refractivity contribution in [3.8, 4) is 34.3 Å². The predicted molar refractivity (Wildman–Crippen MR) is 175 cm³/mol. The van der Waals surface area contributed by atoms with Gasteiger partial charge in [-0.15, -0.1) is 0 Å². The first-order chi connectivity index (χ1) is 22.1. The van der Waals surface area contributed by atoms with Crippen molar-refractivity contribution in [2.45, 2.75) is 51.2 Å². The van der Waals surface area contributed by atoms with Crippen molar-refractivity contribution in [2.24, 2.45) is 30.4 Å². The van der Waals surface area contributed by atoms with Crippen LogP contribution in [0.1, 0.15) is 52.0 Å². The number of aryl methyl sites for hydroxylation is 1. The summed E-state index contributed by atoms with van der Waals surface area (Å²) in [5.74, 6) is 1.40. The summed E-state index contributed by atoms with van der Waals surface area (Å²) in [7, 11) is 3.59. The van der Waals surface area contributed by atoms with Gasteiger partial charge in [-0.1, -0.05) is 0 Å². The van der Waals surface area contributed by atoms with Crippen LogP contribution in [0.4, 0.5) is 0 Å². The van der Waals surface area contributed by atoms with Crippen molar-refractivity contribution in [2.75, 3.05) is 13.7 Å². The Morgan fingerprint density at radius 1 is 1.07 bits per heavy atom. The van der Waals surface area contributed by atoms with Crippen molar-refractivity contribution >= 4 is 33.9 Å². The number of primary amides is 1. The number of aromatic hydroxyl groups is 1. The number of amides is 2. The molecule has 1 saturated heterocycles. The molecule has 0 spiro atoms. The van der Waals surface area contributed by atoms with Gasteiger partial charge in [0.25, 0.3) is 11.8 Å². The van der Waals surface area contributed by atoms with Crippen LogP contribution in [-0.2, 0) is 13.6 Å². The fraction of sp³-hybridized carbons (Fsp3) is 0.371. The van der Waals surface area contributed by atoms with Crippen LogP contribution in [0.25, 0.3) is 44.8 Å². The summed E-state index contributed by atoms with van der Waals surface area (Å²) in [4.78, 5) is 38.0. The largest absolute Gasteiger partial charge is 0.507 e. The van der Waals surface area contributed by atoms with E-state index in [9.17, 15) is 14.7 Å². The molecule has 3 unspecified atom stereocenters. The Hall–Kier alpha value is -4.90. The summed E-state index contributed by atoms with van der Waals surface area (Å²) in [6, 6.07) is 13.1. The molecule has 2 amide bonds. The molecule has 2 saturated carbocycles. The lowest BCUT2D eigenvalue weighted by atomic mass is 9.98. The number of nitrogens with zero attached hydrogens (tertiary/aromatic N) is 5. The highest BCUT2D eigenvalue weighted by Gasteiger charge is 2.47. The number of hydrogen-bond donors (Lipinski definition) is 3. The van der Waals surface area contributed by atoms with Crippen LogP contribution in [0.3, 0.4) is 0 Å². The molecule has 2 aromatic carbocycles.